The molecule has 0 aliphatic carbocycles. The summed E-state index contributed by atoms with van der Waals surface area (Å²) >= 11 is 0. The summed E-state index contributed by atoms with van der Waals surface area (Å²) < 4.78 is 0. The average Bonchev–Trinajstić information content (AvgIpc) is 1.61. The monoisotopic (exact) mass is 106 g/mol. The van der Waals surface area contributed by atoms with Crippen LogP contribution >= 0.6 is 0 Å². The Morgan fingerprint density at radius 1 is 1.86 bits per heavy atom. The zero-order chi connectivity index (χ0) is 5.70. The summed E-state index contributed by atoms with van der Waals surface area (Å²) in [4.78, 5) is 4.33. The van der Waals surface area contributed by atoms with Crippen LogP contribution in [0.5, 0.6) is 0 Å². The van der Waals surface area contributed by atoms with E-state index >= 15 is 0 Å². The Morgan fingerprint density at radius 3 is 2.57 bits per heavy atom. The minimum Gasteiger partial charge on any atom is -0.288 e. The molecular formula is C3H10N2O2. The fourth-order valence-electron chi connectivity index (χ4n) is 0.158. The third-order valence-corrected chi connectivity index (χ3v) is 0.341. The summed E-state index contributed by atoms with van der Waals surface area (Å²) in [6.45, 7) is 2.54. The number of hydroxylamine groups is 3. The molecule has 0 aliphatic rings. The lowest BCUT2D eigenvalue weighted by molar-refractivity contribution is -0.353. The minimum atomic E-state index is 0.601. The van der Waals surface area contributed by atoms with Crippen molar-refractivity contribution < 1.29 is 10.1 Å². The van der Waals surface area contributed by atoms with Crippen LogP contribution in [0.25, 0.3) is 0 Å². The average molecular weight is 106 g/mol. The predicted octanol–water partition coefficient (Wildman–Crippen LogP) is -0.236. The Morgan fingerprint density at radius 2 is 2.43 bits per heavy atom. The lowest BCUT2D eigenvalue weighted by Gasteiger charge is -2.05. The van der Waals surface area contributed by atoms with Crippen LogP contribution in [0, 0.1) is 0 Å². The summed E-state index contributed by atoms with van der Waals surface area (Å²) in [5.41, 5.74) is 2.42. The van der Waals surface area contributed by atoms with E-state index in [9.17, 15) is 0 Å². The second-order valence-corrected chi connectivity index (χ2v) is 1.05. The minimum absolute atomic E-state index is 0.601. The molecule has 4 nitrogen and oxygen atoms in total. The molecule has 2 N–H and O–H groups in total. The normalized spacial score (nSPS) is 10.3. The Balaban J connectivity index is 2.68. The summed E-state index contributed by atoms with van der Waals surface area (Å²) in [6.07, 6.45) is 0. The molecule has 0 heterocycles. The van der Waals surface area contributed by atoms with Crippen molar-refractivity contribution in [3.05, 3.63) is 0 Å². The Bertz CT molecular complexity index is 39.9. The van der Waals surface area contributed by atoms with Gasteiger partial charge >= 0.3 is 0 Å². The molecule has 0 saturated heterocycles. The van der Waals surface area contributed by atoms with E-state index in [1.807, 2.05) is 6.92 Å². The van der Waals surface area contributed by atoms with Crippen molar-refractivity contribution in [1.82, 2.24) is 10.7 Å². The van der Waals surface area contributed by atoms with Gasteiger partial charge in [-0.2, -0.15) is 10.4 Å². The number of hydrogen-bond acceptors (Lipinski definition) is 4. The zero-order valence-electron chi connectivity index (χ0n) is 4.51. The van der Waals surface area contributed by atoms with Crippen LogP contribution in [0.2, 0.25) is 0 Å². The van der Waals surface area contributed by atoms with Crippen LogP contribution < -0.4 is 5.48 Å². The number of hydrogen-bond donors (Lipinski definition) is 2. The van der Waals surface area contributed by atoms with Crippen molar-refractivity contribution in [2.75, 3.05) is 13.6 Å². The third kappa shape index (κ3) is 5.84. The molecule has 4 heteroatoms. The van der Waals surface area contributed by atoms with Crippen molar-refractivity contribution >= 4 is 0 Å². The molecule has 0 spiro atoms. The molecule has 0 aromatic carbocycles. The van der Waals surface area contributed by atoms with Crippen molar-refractivity contribution in [1.29, 1.82) is 0 Å². The van der Waals surface area contributed by atoms with Gasteiger partial charge in [0.2, 0.25) is 0 Å². The molecule has 0 aliphatic heterocycles. The van der Waals surface area contributed by atoms with Crippen molar-refractivity contribution in [3.8, 4) is 0 Å². The summed E-state index contributed by atoms with van der Waals surface area (Å²) in [5.74, 6) is 0. The Kier molecular flexibility index (Phi) is 3.92. The van der Waals surface area contributed by atoms with Crippen LogP contribution in [0.3, 0.4) is 0 Å². The van der Waals surface area contributed by atoms with E-state index in [1.165, 1.54) is 7.05 Å². The molecule has 0 bridgehead atoms. The second kappa shape index (κ2) is 4.01. The predicted molar refractivity (Wildman–Crippen MR) is 24.3 cm³/mol. The highest BCUT2D eigenvalue weighted by Gasteiger charge is 1.83. The molecular weight excluding hydrogens is 96.0 g/mol. The van der Waals surface area contributed by atoms with Crippen LogP contribution in [-0.4, -0.2) is 24.0 Å². The highest BCUT2D eigenvalue weighted by atomic mass is 17.0. The van der Waals surface area contributed by atoms with Crippen LogP contribution in [0.1, 0.15) is 6.92 Å². The van der Waals surface area contributed by atoms with Crippen molar-refractivity contribution in [2.24, 2.45) is 0 Å². The van der Waals surface area contributed by atoms with Gasteiger partial charge in [0.05, 0.1) is 0 Å². The molecule has 0 atom stereocenters. The number of nitrogens with one attached hydrogen (secondary N) is 1. The van der Waals surface area contributed by atoms with Gasteiger partial charge in [0.15, 0.2) is 0 Å². The zero-order valence-corrected chi connectivity index (χ0v) is 4.51. The maximum atomic E-state index is 8.23. The molecule has 0 saturated carbocycles. The first-order valence-electron chi connectivity index (χ1n) is 2.09. The van der Waals surface area contributed by atoms with Crippen LogP contribution in [0.4, 0.5) is 0 Å². The van der Waals surface area contributed by atoms with Gasteiger partial charge in [-0.05, 0) is 0 Å². The lowest BCUT2D eigenvalue weighted by Crippen LogP contribution is -2.24. The second-order valence-electron chi connectivity index (χ2n) is 1.05. The maximum absolute atomic E-state index is 8.23. The van der Waals surface area contributed by atoms with Gasteiger partial charge in [-0.15, -0.1) is 0 Å². The first kappa shape index (κ1) is 6.84. The molecule has 0 aromatic rings. The molecule has 0 aromatic heterocycles. The molecule has 0 rings (SSSR count). The van der Waals surface area contributed by atoms with E-state index in [2.05, 4.69) is 10.4 Å². The molecule has 7 heavy (non-hydrogen) atoms. The van der Waals surface area contributed by atoms with Gasteiger partial charge in [0.1, 0.15) is 0 Å². The summed E-state index contributed by atoms with van der Waals surface area (Å²) in [5, 5.41) is 8.83. The van der Waals surface area contributed by atoms with Gasteiger partial charge in [-0.25, -0.2) is 0 Å². The lowest BCUT2D eigenvalue weighted by atomic mass is 10.8. The Hall–Kier alpha value is -0.160. The van der Waals surface area contributed by atoms with E-state index in [-0.39, 0.29) is 0 Å². The highest BCUT2D eigenvalue weighted by Crippen LogP contribution is 1.66. The standard InChI is InChI=1S/C3H10N2O2/c1-3-4-7-5(2)6/h4,6H,3H2,1-2H3. The Labute approximate surface area is 42.5 Å². The van der Waals surface area contributed by atoms with Gasteiger partial charge in [-0.3, -0.25) is 5.21 Å². The maximum Gasteiger partial charge on any atom is 0.0421 e. The molecule has 0 radical (unpaired) electrons. The van der Waals surface area contributed by atoms with Gasteiger partial charge in [0, 0.05) is 13.6 Å². The fourth-order valence-corrected chi connectivity index (χ4v) is 0.158. The summed E-state index contributed by atoms with van der Waals surface area (Å²) in [6, 6.07) is 0. The largest absolute Gasteiger partial charge is 0.288 e. The van der Waals surface area contributed by atoms with E-state index < -0.39 is 0 Å². The molecule has 0 amide bonds. The summed E-state index contributed by atoms with van der Waals surface area (Å²) in [7, 11) is 1.38. The van der Waals surface area contributed by atoms with Gasteiger partial charge < -0.3 is 0 Å². The molecule has 0 fully saturated rings. The number of rotatable bonds is 3. The van der Waals surface area contributed by atoms with E-state index in [0.29, 0.717) is 11.8 Å². The SMILES string of the molecule is CCNON(C)O. The van der Waals surface area contributed by atoms with Crippen molar-refractivity contribution in [3.63, 3.8) is 0 Å². The molecule has 44 valence electrons. The van der Waals surface area contributed by atoms with Crippen LogP contribution in [-0.2, 0) is 4.94 Å². The first-order chi connectivity index (χ1) is 3.27. The third-order valence-electron chi connectivity index (χ3n) is 0.341. The van der Waals surface area contributed by atoms with Crippen LogP contribution in [0.15, 0.2) is 0 Å². The fraction of sp³-hybridized carbons (Fsp3) is 1.00. The highest BCUT2D eigenvalue weighted by molar-refractivity contribution is 4.08. The van der Waals surface area contributed by atoms with Gasteiger partial charge in [-0.1, -0.05) is 12.2 Å². The van der Waals surface area contributed by atoms with Gasteiger partial charge in [0.25, 0.3) is 0 Å². The van der Waals surface area contributed by atoms with E-state index in [0.717, 1.165) is 0 Å². The quantitative estimate of drug-likeness (QED) is 0.487. The van der Waals surface area contributed by atoms with E-state index in [4.69, 9.17) is 5.21 Å². The number of nitrogens with zero attached hydrogens (tertiary/aromatic N) is 1. The van der Waals surface area contributed by atoms with E-state index in [1.54, 1.807) is 0 Å². The molecule has 0 unspecified atom stereocenters. The topological polar surface area (TPSA) is 44.7 Å². The van der Waals surface area contributed by atoms with Crippen molar-refractivity contribution in [2.45, 2.75) is 6.92 Å². The first-order valence-corrected chi connectivity index (χ1v) is 2.09. The smallest absolute Gasteiger partial charge is 0.0421 e.